The van der Waals surface area contributed by atoms with Crippen molar-refractivity contribution in [1.29, 1.82) is 0 Å². The number of carbonyl (C=O) groups is 1. The van der Waals surface area contributed by atoms with Crippen LogP contribution in [-0.4, -0.2) is 33.8 Å². The highest BCUT2D eigenvalue weighted by atomic mass is 19.1. The highest BCUT2D eigenvalue weighted by Crippen LogP contribution is 2.39. The molecule has 1 atom stereocenters. The van der Waals surface area contributed by atoms with Gasteiger partial charge >= 0.3 is 0 Å². The lowest BCUT2D eigenvalue weighted by molar-refractivity contribution is 0.0743. The molecular weight excluding hydrogens is 429 g/mol. The van der Waals surface area contributed by atoms with Gasteiger partial charge in [-0.15, -0.1) is 0 Å². The van der Waals surface area contributed by atoms with Crippen molar-refractivity contribution >= 4 is 5.91 Å². The molecule has 1 amide bonds. The highest BCUT2D eigenvalue weighted by Gasteiger charge is 2.35. The number of amides is 1. The number of nitrogens with one attached hydrogen (secondary N) is 1. The van der Waals surface area contributed by atoms with Crippen LogP contribution < -0.4 is 5.43 Å². The molecule has 1 saturated heterocycles. The third-order valence-electron chi connectivity index (χ3n) is 6.49. The number of halogens is 3. The van der Waals surface area contributed by atoms with Crippen LogP contribution in [0.1, 0.15) is 58.9 Å². The molecule has 0 saturated carbocycles. The molecule has 0 bridgehead atoms. The molecule has 33 heavy (non-hydrogen) atoms. The smallest absolute Gasteiger partial charge is 0.283 e. The van der Waals surface area contributed by atoms with Crippen LogP contribution >= 0.6 is 0 Å². The van der Waals surface area contributed by atoms with Crippen molar-refractivity contribution < 1.29 is 18.0 Å². The van der Waals surface area contributed by atoms with Gasteiger partial charge in [0.25, 0.3) is 5.91 Å². The van der Waals surface area contributed by atoms with Gasteiger partial charge in [-0.05, 0) is 61.9 Å². The van der Waals surface area contributed by atoms with Crippen LogP contribution in [0.3, 0.4) is 0 Å². The number of fused-ring (bicyclic) bond motifs is 1. The lowest BCUT2D eigenvalue weighted by Gasteiger charge is -2.26. The van der Waals surface area contributed by atoms with E-state index in [4.69, 9.17) is 0 Å². The van der Waals surface area contributed by atoms with Crippen LogP contribution in [0.5, 0.6) is 0 Å². The molecule has 1 aliphatic heterocycles. The van der Waals surface area contributed by atoms with Crippen molar-refractivity contribution in [2.45, 2.75) is 44.4 Å². The number of benzene rings is 2. The van der Waals surface area contributed by atoms with E-state index in [0.717, 1.165) is 61.7 Å². The third kappa shape index (κ3) is 4.39. The Morgan fingerprint density at radius 2 is 1.82 bits per heavy atom. The average Bonchev–Trinajstić information content (AvgIpc) is 3.36. The molecule has 1 aromatic heterocycles. The van der Waals surface area contributed by atoms with Crippen LogP contribution in [0.2, 0.25) is 0 Å². The van der Waals surface area contributed by atoms with Crippen LogP contribution in [0.25, 0.3) is 5.69 Å². The third-order valence-corrected chi connectivity index (χ3v) is 6.49. The number of carbonyl (C=O) groups excluding carboxylic acids is 1. The largest absolute Gasteiger partial charge is 0.286 e. The molecule has 2 aromatic carbocycles. The van der Waals surface area contributed by atoms with Crippen molar-refractivity contribution in [1.82, 2.24) is 20.2 Å². The van der Waals surface area contributed by atoms with Gasteiger partial charge < -0.3 is 0 Å². The number of rotatable bonds is 5. The summed E-state index contributed by atoms with van der Waals surface area (Å²) >= 11 is 0. The average molecular weight is 454 g/mol. The molecule has 0 radical (unpaired) electrons. The van der Waals surface area contributed by atoms with E-state index in [1.54, 1.807) is 6.07 Å². The quantitative estimate of drug-likeness (QED) is 0.609. The molecule has 1 unspecified atom stereocenters. The fourth-order valence-corrected chi connectivity index (χ4v) is 4.95. The van der Waals surface area contributed by atoms with Crippen LogP contribution in [0, 0.1) is 17.5 Å². The molecule has 1 N–H and O–H groups in total. The molecule has 1 fully saturated rings. The standard InChI is InChI=1S/C25H25F3N4O/c26-18-6-4-5-16(14-18)13-17-7-9-20-23(25(33)30-31-11-2-1-3-12-31)29-32(24(17)20)22-10-8-19(27)15-21(22)28/h4-6,8,10,14-15,17H,1-3,7,9,11-13H2,(H,30,33). The van der Waals surface area contributed by atoms with E-state index in [2.05, 4.69) is 10.5 Å². The maximum atomic E-state index is 14.7. The zero-order chi connectivity index (χ0) is 22.9. The van der Waals surface area contributed by atoms with Gasteiger partial charge in [-0.25, -0.2) is 22.9 Å². The molecule has 1 aliphatic carbocycles. The van der Waals surface area contributed by atoms with E-state index in [0.29, 0.717) is 12.8 Å². The lowest BCUT2D eigenvalue weighted by Crippen LogP contribution is -2.45. The second-order valence-electron chi connectivity index (χ2n) is 8.78. The van der Waals surface area contributed by atoms with Gasteiger partial charge in [0.2, 0.25) is 0 Å². The topological polar surface area (TPSA) is 50.2 Å². The lowest BCUT2D eigenvalue weighted by atomic mass is 9.97. The maximum Gasteiger partial charge on any atom is 0.286 e. The van der Waals surface area contributed by atoms with Gasteiger partial charge in [-0.3, -0.25) is 10.2 Å². The minimum absolute atomic E-state index is 0.0738. The number of nitrogens with zero attached hydrogens (tertiary/aromatic N) is 3. The first kappa shape index (κ1) is 21.7. The number of hydrazine groups is 1. The van der Waals surface area contributed by atoms with Gasteiger partial charge in [-0.2, -0.15) is 5.10 Å². The van der Waals surface area contributed by atoms with Crippen molar-refractivity contribution in [3.8, 4) is 5.69 Å². The number of aromatic nitrogens is 2. The summed E-state index contributed by atoms with van der Waals surface area (Å²) in [5.41, 5.74) is 5.62. The Bertz CT molecular complexity index is 1190. The second kappa shape index (κ2) is 9.02. The number of piperidine rings is 1. The molecule has 8 heteroatoms. The summed E-state index contributed by atoms with van der Waals surface area (Å²) in [5, 5.41) is 6.41. The van der Waals surface area contributed by atoms with E-state index < -0.39 is 11.6 Å². The summed E-state index contributed by atoms with van der Waals surface area (Å²) in [6.45, 7) is 1.56. The predicted octanol–water partition coefficient (Wildman–Crippen LogP) is 4.69. The van der Waals surface area contributed by atoms with Gasteiger partial charge in [0.05, 0.1) is 5.69 Å². The number of hydrogen-bond donors (Lipinski definition) is 1. The molecule has 2 aliphatic rings. The molecule has 5 rings (SSSR count). The minimum atomic E-state index is -0.750. The van der Waals surface area contributed by atoms with Crippen molar-refractivity contribution in [2.75, 3.05) is 13.1 Å². The van der Waals surface area contributed by atoms with E-state index >= 15 is 0 Å². The zero-order valence-electron chi connectivity index (χ0n) is 18.2. The Labute approximate surface area is 190 Å². The molecule has 5 nitrogen and oxygen atoms in total. The Hall–Kier alpha value is -3.13. The fraction of sp³-hybridized carbons (Fsp3) is 0.360. The predicted molar refractivity (Wildman–Crippen MR) is 118 cm³/mol. The highest BCUT2D eigenvalue weighted by molar-refractivity contribution is 5.94. The number of hydrogen-bond acceptors (Lipinski definition) is 3. The summed E-state index contributed by atoms with van der Waals surface area (Å²) in [4.78, 5) is 13.1. The molecule has 0 spiro atoms. The SMILES string of the molecule is O=C(NN1CCCCC1)c1nn(-c2ccc(F)cc2F)c2c1CCC2Cc1cccc(F)c1. The first-order valence-corrected chi connectivity index (χ1v) is 11.4. The van der Waals surface area contributed by atoms with E-state index in [9.17, 15) is 18.0 Å². The Morgan fingerprint density at radius 1 is 1.03 bits per heavy atom. The summed E-state index contributed by atoms with van der Waals surface area (Å²) in [5.74, 6) is -2.14. The molecule has 172 valence electrons. The Kier molecular flexibility index (Phi) is 5.93. The van der Waals surface area contributed by atoms with Crippen molar-refractivity contribution in [3.63, 3.8) is 0 Å². The van der Waals surface area contributed by atoms with Gasteiger partial charge in [0.1, 0.15) is 17.3 Å². The van der Waals surface area contributed by atoms with E-state index in [1.165, 1.54) is 28.9 Å². The molecule has 2 heterocycles. The zero-order valence-corrected chi connectivity index (χ0v) is 18.2. The van der Waals surface area contributed by atoms with Crippen molar-refractivity contribution in [3.05, 3.63) is 82.4 Å². The van der Waals surface area contributed by atoms with Gasteiger partial charge in [0.15, 0.2) is 11.5 Å². The fourth-order valence-electron chi connectivity index (χ4n) is 4.95. The van der Waals surface area contributed by atoms with Crippen molar-refractivity contribution in [2.24, 2.45) is 0 Å². The molecule has 3 aromatic rings. The van der Waals surface area contributed by atoms with Crippen LogP contribution in [-0.2, 0) is 12.8 Å². The maximum absolute atomic E-state index is 14.7. The van der Waals surface area contributed by atoms with E-state index in [-0.39, 0.29) is 29.0 Å². The van der Waals surface area contributed by atoms with E-state index in [1.807, 2.05) is 11.1 Å². The second-order valence-corrected chi connectivity index (χ2v) is 8.78. The Morgan fingerprint density at radius 3 is 2.58 bits per heavy atom. The summed E-state index contributed by atoms with van der Waals surface area (Å²) in [6, 6.07) is 9.72. The molecular formula is C25H25F3N4O. The van der Waals surface area contributed by atoms with Gasteiger partial charge in [0, 0.05) is 30.6 Å². The van der Waals surface area contributed by atoms with Gasteiger partial charge in [-0.1, -0.05) is 18.6 Å². The summed E-state index contributed by atoms with van der Waals surface area (Å²) in [6.07, 6.45) is 5.05. The van der Waals surface area contributed by atoms with Crippen LogP contribution in [0.4, 0.5) is 13.2 Å². The summed E-state index contributed by atoms with van der Waals surface area (Å²) in [7, 11) is 0. The summed E-state index contributed by atoms with van der Waals surface area (Å²) < 4.78 is 43.5. The monoisotopic (exact) mass is 454 g/mol. The first-order valence-electron chi connectivity index (χ1n) is 11.4. The van der Waals surface area contributed by atoms with Crippen LogP contribution in [0.15, 0.2) is 42.5 Å². The first-order chi connectivity index (χ1) is 16.0. The normalized spacial score (nSPS) is 18.3. The minimum Gasteiger partial charge on any atom is -0.283 e. The Balaban J connectivity index is 1.53.